The highest BCUT2D eigenvalue weighted by Crippen LogP contribution is 2.11. The quantitative estimate of drug-likeness (QED) is 0.724. The normalized spacial score (nSPS) is 23.8. The van der Waals surface area contributed by atoms with Gasteiger partial charge in [-0.25, -0.2) is 0 Å². The molecule has 1 heterocycles. The van der Waals surface area contributed by atoms with Crippen molar-refractivity contribution in [3.63, 3.8) is 0 Å². The highest BCUT2D eigenvalue weighted by Gasteiger charge is 2.17. The van der Waals surface area contributed by atoms with Crippen LogP contribution < -0.4 is 5.32 Å². The Morgan fingerprint density at radius 1 is 1.42 bits per heavy atom. The second-order valence-electron chi connectivity index (χ2n) is 4.22. The minimum absolute atomic E-state index is 0. The van der Waals surface area contributed by atoms with E-state index < -0.39 is 0 Å². The second kappa shape index (κ2) is 5.05. The maximum atomic E-state index is 5.65. The van der Waals surface area contributed by atoms with E-state index >= 15 is 0 Å². The molecule has 1 atom stereocenters. The molecule has 1 aliphatic heterocycles. The minimum atomic E-state index is 0. The van der Waals surface area contributed by atoms with E-state index in [9.17, 15) is 0 Å². The lowest BCUT2D eigenvalue weighted by Crippen LogP contribution is -2.31. The van der Waals surface area contributed by atoms with Crippen LogP contribution in [0.15, 0.2) is 0 Å². The van der Waals surface area contributed by atoms with Gasteiger partial charge in [-0.2, -0.15) is 0 Å². The van der Waals surface area contributed by atoms with Crippen molar-refractivity contribution in [1.29, 1.82) is 0 Å². The van der Waals surface area contributed by atoms with Crippen LogP contribution in [-0.4, -0.2) is 24.8 Å². The number of ether oxygens (including phenoxy) is 1. The van der Waals surface area contributed by atoms with Crippen LogP contribution in [0.5, 0.6) is 0 Å². The molecule has 0 bridgehead atoms. The molecular weight excluding hydrogens is 174 g/mol. The van der Waals surface area contributed by atoms with Gasteiger partial charge in [-0.1, -0.05) is 0 Å². The Kier molecular flexibility index (Phi) is 5.14. The Morgan fingerprint density at radius 3 is 2.50 bits per heavy atom. The number of nitrogens with one attached hydrogen (secondary N) is 1. The summed E-state index contributed by atoms with van der Waals surface area (Å²) in [5.41, 5.74) is 0.0181. The van der Waals surface area contributed by atoms with Crippen molar-refractivity contribution >= 4 is 12.4 Å². The molecule has 12 heavy (non-hydrogen) atoms. The molecule has 0 aromatic heterocycles. The summed E-state index contributed by atoms with van der Waals surface area (Å²) in [6.07, 6.45) is 2.58. The van der Waals surface area contributed by atoms with E-state index in [0.717, 1.165) is 13.2 Å². The van der Waals surface area contributed by atoms with Crippen LogP contribution in [0, 0.1) is 0 Å². The molecule has 0 amide bonds. The fourth-order valence-electron chi connectivity index (χ4n) is 1.25. The summed E-state index contributed by atoms with van der Waals surface area (Å²) >= 11 is 0. The van der Waals surface area contributed by atoms with Crippen molar-refractivity contribution in [2.45, 2.75) is 45.3 Å². The molecule has 0 aromatic carbocycles. The van der Waals surface area contributed by atoms with E-state index in [2.05, 4.69) is 26.1 Å². The molecule has 0 radical (unpaired) electrons. The van der Waals surface area contributed by atoms with Crippen LogP contribution >= 0.6 is 12.4 Å². The summed E-state index contributed by atoms with van der Waals surface area (Å²) in [4.78, 5) is 0. The Bertz CT molecular complexity index is 116. The molecule has 1 fully saturated rings. The molecular formula is C9H20ClNO. The summed E-state index contributed by atoms with van der Waals surface area (Å²) in [6.45, 7) is 8.33. The summed E-state index contributed by atoms with van der Waals surface area (Å²) in [7, 11) is 0. The molecule has 3 heteroatoms. The zero-order valence-electron chi connectivity index (χ0n) is 8.22. The zero-order chi connectivity index (χ0) is 8.32. The fraction of sp³-hybridized carbons (Fsp3) is 1.00. The molecule has 0 saturated carbocycles. The van der Waals surface area contributed by atoms with E-state index in [0.29, 0.717) is 6.04 Å². The summed E-state index contributed by atoms with van der Waals surface area (Å²) in [5, 5.41) is 3.40. The van der Waals surface area contributed by atoms with E-state index in [1.165, 1.54) is 12.8 Å². The fourth-order valence-corrected chi connectivity index (χ4v) is 1.25. The smallest absolute Gasteiger partial charge is 0.0626 e. The van der Waals surface area contributed by atoms with Gasteiger partial charge in [0.15, 0.2) is 0 Å². The maximum absolute atomic E-state index is 5.65. The van der Waals surface area contributed by atoms with Crippen molar-refractivity contribution < 1.29 is 4.74 Å². The average Bonchev–Trinajstić information content (AvgIpc) is 2.32. The van der Waals surface area contributed by atoms with Crippen molar-refractivity contribution in [1.82, 2.24) is 5.32 Å². The van der Waals surface area contributed by atoms with Crippen LogP contribution in [0.2, 0.25) is 0 Å². The van der Waals surface area contributed by atoms with Gasteiger partial charge in [-0.15, -0.1) is 12.4 Å². The van der Waals surface area contributed by atoms with Crippen molar-refractivity contribution in [2.75, 3.05) is 13.2 Å². The predicted molar refractivity (Wildman–Crippen MR) is 54.0 cm³/mol. The van der Waals surface area contributed by atoms with Gasteiger partial charge in [0.1, 0.15) is 0 Å². The number of hydrogen-bond acceptors (Lipinski definition) is 2. The first-order valence-electron chi connectivity index (χ1n) is 4.45. The molecule has 1 N–H and O–H groups in total. The van der Waals surface area contributed by atoms with Crippen LogP contribution in [0.25, 0.3) is 0 Å². The van der Waals surface area contributed by atoms with Gasteiger partial charge in [0.05, 0.1) is 12.2 Å². The Labute approximate surface area is 81.5 Å². The number of rotatable bonds is 2. The largest absolute Gasteiger partial charge is 0.374 e. The van der Waals surface area contributed by atoms with Crippen molar-refractivity contribution in [2.24, 2.45) is 0 Å². The Balaban J connectivity index is 0.00000121. The van der Waals surface area contributed by atoms with Crippen molar-refractivity contribution in [3.8, 4) is 0 Å². The van der Waals surface area contributed by atoms with E-state index in [1.807, 2.05) is 0 Å². The Hall–Kier alpha value is 0.210. The van der Waals surface area contributed by atoms with Gasteiger partial charge in [-0.3, -0.25) is 0 Å². The van der Waals surface area contributed by atoms with E-state index in [-0.39, 0.29) is 18.0 Å². The SMILES string of the molecule is CC(C)(C)OC[C@@H]1CCCN1.Cl. The lowest BCUT2D eigenvalue weighted by molar-refractivity contribution is -0.0121. The topological polar surface area (TPSA) is 21.3 Å². The van der Waals surface area contributed by atoms with Crippen LogP contribution in [0.1, 0.15) is 33.6 Å². The first kappa shape index (κ1) is 12.2. The number of hydrogen-bond donors (Lipinski definition) is 1. The van der Waals surface area contributed by atoms with E-state index in [1.54, 1.807) is 0 Å². The molecule has 2 nitrogen and oxygen atoms in total. The lowest BCUT2D eigenvalue weighted by Gasteiger charge is -2.22. The van der Waals surface area contributed by atoms with Crippen LogP contribution in [0.4, 0.5) is 0 Å². The highest BCUT2D eigenvalue weighted by atomic mass is 35.5. The third-order valence-corrected chi connectivity index (χ3v) is 1.88. The maximum Gasteiger partial charge on any atom is 0.0626 e. The monoisotopic (exact) mass is 193 g/mol. The first-order chi connectivity index (χ1) is 5.08. The molecule has 74 valence electrons. The van der Waals surface area contributed by atoms with Gasteiger partial charge < -0.3 is 10.1 Å². The van der Waals surface area contributed by atoms with Gasteiger partial charge >= 0.3 is 0 Å². The summed E-state index contributed by atoms with van der Waals surface area (Å²) in [5.74, 6) is 0. The summed E-state index contributed by atoms with van der Waals surface area (Å²) < 4.78 is 5.65. The second-order valence-corrected chi connectivity index (χ2v) is 4.22. The summed E-state index contributed by atoms with van der Waals surface area (Å²) in [6, 6.07) is 0.606. The third-order valence-electron chi connectivity index (χ3n) is 1.88. The van der Waals surface area contributed by atoms with Gasteiger partial charge in [-0.05, 0) is 40.2 Å². The van der Waals surface area contributed by atoms with Crippen LogP contribution in [-0.2, 0) is 4.74 Å². The molecule has 1 aliphatic rings. The lowest BCUT2D eigenvalue weighted by atomic mass is 10.2. The van der Waals surface area contributed by atoms with Gasteiger partial charge in [0, 0.05) is 6.04 Å². The molecule has 0 spiro atoms. The van der Waals surface area contributed by atoms with Crippen molar-refractivity contribution in [3.05, 3.63) is 0 Å². The first-order valence-corrected chi connectivity index (χ1v) is 4.45. The van der Waals surface area contributed by atoms with Gasteiger partial charge in [0.2, 0.25) is 0 Å². The molecule has 1 saturated heterocycles. The van der Waals surface area contributed by atoms with E-state index in [4.69, 9.17) is 4.74 Å². The molecule has 0 aromatic rings. The van der Waals surface area contributed by atoms with Gasteiger partial charge in [0.25, 0.3) is 0 Å². The molecule has 0 unspecified atom stereocenters. The highest BCUT2D eigenvalue weighted by molar-refractivity contribution is 5.85. The third kappa shape index (κ3) is 4.96. The van der Waals surface area contributed by atoms with Crippen LogP contribution in [0.3, 0.4) is 0 Å². The number of halogens is 1. The molecule has 0 aliphatic carbocycles. The zero-order valence-corrected chi connectivity index (χ0v) is 9.04. The minimum Gasteiger partial charge on any atom is -0.374 e. The average molecular weight is 194 g/mol. The molecule has 1 rings (SSSR count). The Morgan fingerprint density at radius 2 is 2.08 bits per heavy atom. The standard InChI is InChI=1S/C9H19NO.ClH/c1-9(2,3)11-7-8-5-4-6-10-8;/h8,10H,4-7H2,1-3H3;1H/t8-;/m0./s1. The predicted octanol–water partition coefficient (Wildman–Crippen LogP) is 1.98.